The van der Waals surface area contributed by atoms with Crippen LogP contribution in [0, 0.1) is 6.92 Å². The minimum atomic E-state index is -0.282. The summed E-state index contributed by atoms with van der Waals surface area (Å²) in [6.45, 7) is 1.86. The largest absolute Gasteiger partial charge is 0.496 e. The molecule has 0 aliphatic carbocycles. The van der Waals surface area contributed by atoms with Gasteiger partial charge in [0.05, 0.1) is 12.7 Å². The van der Waals surface area contributed by atoms with Crippen molar-refractivity contribution in [3.63, 3.8) is 0 Å². The molecule has 1 aromatic heterocycles. The first kappa shape index (κ1) is 12.9. The van der Waals surface area contributed by atoms with Crippen molar-refractivity contribution in [1.29, 1.82) is 0 Å². The van der Waals surface area contributed by atoms with Crippen molar-refractivity contribution in [2.45, 2.75) is 6.92 Å². The molecule has 0 radical (unpaired) electrons. The molecule has 0 fully saturated rings. The van der Waals surface area contributed by atoms with E-state index in [1.54, 1.807) is 24.3 Å². The van der Waals surface area contributed by atoms with Crippen LogP contribution in [0.3, 0.4) is 0 Å². The van der Waals surface area contributed by atoms with Gasteiger partial charge in [-0.05, 0) is 31.2 Å². The highest BCUT2D eigenvalue weighted by molar-refractivity contribution is 6.06. The van der Waals surface area contributed by atoms with E-state index in [0.29, 0.717) is 22.8 Å². The summed E-state index contributed by atoms with van der Waals surface area (Å²) in [7, 11) is 1.50. The molecule has 0 aliphatic rings. The van der Waals surface area contributed by atoms with Crippen LogP contribution in [-0.2, 0) is 0 Å². The molecular weight excluding hydrogens is 242 g/mol. The van der Waals surface area contributed by atoms with Gasteiger partial charge in [0.15, 0.2) is 0 Å². The van der Waals surface area contributed by atoms with Crippen LogP contribution < -0.4 is 15.8 Å². The molecule has 5 nitrogen and oxygen atoms in total. The lowest BCUT2D eigenvalue weighted by Gasteiger charge is -2.09. The van der Waals surface area contributed by atoms with Crippen LogP contribution in [0.25, 0.3) is 0 Å². The third-order valence-corrected chi connectivity index (χ3v) is 2.60. The number of methoxy groups -OCH3 is 1. The number of aryl methyl sites for hydroxylation is 1. The SMILES string of the molecule is COc1cc(N)ccc1C(=O)Nc1cccc(C)n1. The second-order valence-electron chi connectivity index (χ2n) is 4.08. The first-order valence-corrected chi connectivity index (χ1v) is 5.78. The zero-order valence-corrected chi connectivity index (χ0v) is 10.8. The number of benzene rings is 1. The van der Waals surface area contributed by atoms with Crippen LogP contribution in [0.5, 0.6) is 5.75 Å². The number of nitrogens with two attached hydrogens (primary N) is 1. The molecule has 1 heterocycles. The minimum absolute atomic E-state index is 0.282. The fourth-order valence-electron chi connectivity index (χ4n) is 1.69. The Hall–Kier alpha value is -2.56. The Morgan fingerprint density at radius 1 is 1.32 bits per heavy atom. The van der Waals surface area contributed by atoms with Gasteiger partial charge in [-0.1, -0.05) is 6.07 Å². The second-order valence-corrected chi connectivity index (χ2v) is 4.08. The van der Waals surface area contributed by atoms with Crippen LogP contribution in [0.1, 0.15) is 16.1 Å². The van der Waals surface area contributed by atoms with Crippen molar-refractivity contribution in [1.82, 2.24) is 4.98 Å². The van der Waals surface area contributed by atoms with Gasteiger partial charge in [-0.25, -0.2) is 4.98 Å². The lowest BCUT2D eigenvalue weighted by atomic mass is 10.1. The van der Waals surface area contributed by atoms with Crippen molar-refractivity contribution in [2.24, 2.45) is 0 Å². The van der Waals surface area contributed by atoms with E-state index in [-0.39, 0.29) is 5.91 Å². The summed E-state index contributed by atoms with van der Waals surface area (Å²) in [6, 6.07) is 10.3. The molecule has 5 heteroatoms. The Morgan fingerprint density at radius 3 is 2.79 bits per heavy atom. The molecule has 2 rings (SSSR count). The van der Waals surface area contributed by atoms with Crippen molar-refractivity contribution < 1.29 is 9.53 Å². The maximum Gasteiger partial charge on any atom is 0.260 e. The first-order chi connectivity index (χ1) is 9.10. The number of rotatable bonds is 3. The fraction of sp³-hybridized carbons (Fsp3) is 0.143. The Labute approximate surface area is 111 Å². The number of pyridine rings is 1. The molecule has 0 unspecified atom stereocenters. The summed E-state index contributed by atoms with van der Waals surface area (Å²) in [5.74, 6) is 0.656. The standard InChI is InChI=1S/C14H15N3O2/c1-9-4-3-5-13(16-9)17-14(18)11-7-6-10(15)8-12(11)19-2/h3-8H,15H2,1-2H3,(H,16,17,18). The van der Waals surface area contributed by atoms with Gasteiger partial charge >= 0.3 is 0 Å². The van der Waals surface area contributed by atoms with Gasteiger partial charge in [0.1, 0.15) is 11.6 Å². The quantitative estimate of drug-likeness (QED) is 0.827. The number of nitrogens with zero attached hydrogens (tertiary/aromatic N) is 1. The summed E-state index contributed by atoms with van der Waals surface area (Å²) in [6.07, 6.45) is 0. The van der Waals surface area contributed by atoms with E-state index in [0.717, 1.165) is 5.69 Å². The van der Waals surface area contributed by atoms with Crippen molar-refractivity contribution in [2.75, 3.05) is 18.2 Å². The topological polar surface area (TPSA) is 77.2 Å². The maximum absolute atomic E-state index is 12.1. The maximum atomic E-state index is 12.1. The van der Waals surface area contributed by atoms with Crippen LogP contribution in [0.15, 0.2) is 36.4 Å². The summed E-state index contributed by atoms with van der Waals surface area (Å²) in [5, 5.41) is 2.72. The van der Waals surface area contributed by atoms with Crippen LogP contribution >= 0.6 is 0 Å². The number of amides is 1. The van der Waals surface area contributed by atoms with E-state index in [1.807, 2.05) is 19.1 Å². The average Bonchev–Trinajstić information content (AvgIpc) is 2.38. The lowest BCUT2D eigenvalue weighted by Crippen LogP contribution is -2.14. The predicted octanol–water partition coefficient (Wildman–Crippen LogP) is 2.23. The molecule has 98 valence electrons. The van der Waals surface area contributed by atoms with Crippen LogP contribution in [0.4, 0.5) is 11.5 Å². The third kappa shape index (κ3) is 3.01. The highest BCUT2D eigenvalue weighted by Gasteiger charge is 2.13. The predicted molar refractivity (Wildman–Crippen MR) is 74.3 cm³/mol. The molecule has 2 aromatic rings. The number of carbonyl (C=O) groups excluding carboxylic acids is 1. The summed E-state index contributed by atoms with van der Waals surface area (Å²) >= 11 is 0. The van der Waals surface area contributed by atoms with E-state index in [2.05, 4.69) is 10.3 Å². The zero-order valence-electron chi connectivity index (χ0n) is 10.8. The van der Waals surface area contributed by atoms with Gasteiger partial charge in [-0.15, -0.1) is 0 Å². The normalized spacial score (nSPS) is 10.0. The Kier molecular flexibility index (Phi) is 3.66. The molecule has 1 aromatic carbocycles. The summed E-state index contributed by atoms with van der Waals surface area (Å²) in [4.78, 5) is 16.4. The van der Waals surface area contributed by atoms with Crippen molar-refractivity contribution in [3.8, 4) is 5.75 Å². The molecule has 0 bridgehead atoms. The summed E-state index contributed by atoms with van der Waals surface area (Å²) in [5.41, 5.74) is 7.45. The van der Waals surface area contributed by atoms with Crippen molar-refractivity contribution in [3.05, 3.63) is 47.7 Å². The highest BCUT2D eigenvalue weighted by atomic mass is 16.5. The third-order valence-electron chi connectivity index (χ3n) is 2.60. The Bertz CT molecular complexity index is 611. The van der Waals surface area contributed by atoms with Gasteiger partial charge in [-0.2, -0.15) is 0 Å². The molecule has 1 amide bonds. The number of carbonyl (C=O) groups is 1. The lowest BCUT2D eigenvalue weighted by molar-refractivity contribution is 0.102. The van der Waals surface area contributed by atoms with Gasteiger partial charge in [0, 0.05) is 17.4 Å². The molecule has 19 heavy (non-hydrogen) atoms. The van der Waals surface area contributed by atoms with Crippen molar-refractivity contribution >= 4 is 17.4 Å². The molecule has 0 saturated carbocycles. The molecular formula is C14H15N3O2. The summed E-state index contributed by atoms with van der Waals surface area (Å²) < 4.78 is 5.15. The van der Waals surface area contributed by atoms with E-state index in [9.17, 15) is 4.79 Å². The van der Waals surface area contributed by atoms with E-state index in [1.165, 1.54) is 7.11 Å². The monoisotopic (exact) mass is 257 g/mol. The van der Waals surface area contributed by atoms with Gasteiger partial charge < -0.3 is 15.8 Å². The first-order valence-electron chi connectivity index (χ1n) is 5.78. The number of anilines is 2. The molecule has 0 atom stereocenters. The smallest absolute Gasteiger partial charge is 0.260 e. The number of nitrogens with one attached hydrogen (secondary N) is 1. The number of aromatic nitrogens is 1. The number of hydrogen-bond acceptors (Lipinski definition) is 4. The fourth-order valence-corrected chi connectivity index (χ4v) is 1.69. The van der Waals surface area contributed by atoms with Crippen LogP contribution in [0.2, 0.25) is 0 Å². The number of ether oxygens (including phenoxy) is 1. The van der Waals surface area contributed by atoms with E-state index in [4.69, 9.17) is 10.5 Å². The number of hydrogen-bond donors (Lipinski definition) is 2. The molecule has 0 saturated heterocycles. The van der Waals surface area contributed by atoms with E-state index >= 15 is 0 Å². The molecule has 0 spiro atoms. The van der Waals surface area contributed by atoms with Crippen LogP contribution in [-0.4, -0.2) is 18.0 Å². The highest BCUT2D eigenvalue weighted by Crippen LogP contribution is 2.22. The Morgan fingerprint density at radius 2 is 2.11 bits per heavy atom. The van der Waals surface area contributed by atoms with Gasteiger partial charge in [0.25, 0.3) is 5.91 Å². The van der Waals surface area contributed by atoms with Gasteiger partial charge in [-0.3, -0.25) is 4.79 Å². The minimum Gasteiger partial charge on any atom is -0.496 e. The second kappa shape index (κ2) is 5.39. The average molecular weight is 257 g/mol. The number of nitrogen functional groups attached to an aromatic ring is 1. The molecule has 0 aliphatic heterocycles. The molecule has 3 N–H and O–H groups in total. The Balaban J connectivity index is 2.25. The van der Waals surface area contributed by atoms with Gasteiger partial charge in [0.2, 0.25) is 0 Å². The van der Waals surface area contributed by atoms with E-state index < -0.39 is 0 Å². The zero-order chi connectivity index (χ0) is 13.8.